The number of hydrogen-bond donors (Lipinski definition) is 2. The van der Waals surface area contributed by atoms with Crippen molar-refractivity contribution in [3.8, 4) is 0 Å². The van der Waals surface area contributed by atoms with E-state index in [9.17, 15) is 5.11 Å². The van der Waals surface area contributed by atoms with Crippen molar-refractivity contribution in [3.05, 3.63) is 0 Å². The lowest BCUT2D eigenvalue weighted by Gasteiger charge is -2.39. The molecule has 0 aliphatic carbocycles. The smallest absolute Gasteiger partial charge is 0.0572 e. The monoisotopic (exact) mass is 157 g/mol. The average Bonchev–Trinajstić information content (AvgIpc) is 1.83. The van der Waals surface area contributed by atoms with Crippen LogP contribution in [0.2, 0.25) is 0 Å². The predicted octanol–water partition coefficient (Wildman–Crippen LogP) is 1.29. The maximum atomic E-state index is 9.51. The fourth-order valence-corrected chi connectivity index (χ4v) is 1.94. The Morgan fingerprint density at radius 2 is 2.18 bits per heavy atom. The molecule has 1 heterocycles. The van der Waals surface area contributed by atoms with Crippen LogP contribution in [0.4, 0.5) is 0 Å². The van der Waals surface area contributed by atoms with Crippen LogP contribution in [-0.2, 0) is 0 Å². The molecule has 66 valence electrons. The van der Waals surface area contributed by atoms with E-state index in [1.807, 2.05) is 0 Å². The van der Waals surface area contributed by atoms with E-state index in [-0.39, 0.29) is 11.6 Å². The van der Waals surface area contributed by atoms with Gasteiger partial charge in [-0.3, -0.25) is 0 Å². The number of piperidine rings is 1. The van der Waals surface area contributed by atoms with Crippen LogP contribution in [0.25, 0.3) is 0 Å². The molecule has 1 aliphatic heterocycles. The van der Waals surface area contributed by atoms with E-state index in [0.717, 1.165) is 19.3 Å². The first kappa shape index (κ1) is 9.01. The van der Waals surface area contributed by atoms with Crippen molar-refractivity contribution in [1.29, 1.82) is 0 Å². The molecule has 2 nitrogen and oxygen atoms in total. The molecule has 0 bridgehead atoms. The van der Waals surface area contributed by atoms with Crippen LogP contribution >= 0.6 is 0 Å². The highest BCUT2D eigenvalue weighted by atomic mass is 16.3. The molecular formula is C9H19NO. The van der Waals surface area contributed by atoms with Gasteiger partial charge in [0.1, 0.15) is 0 Å². The Labute approximate surface area is 69.0 Å². The van der Waals surface area contributed by atoms with Crippen molar-refractivity contribution in [1.82, 2.24) is 5.32 Å². The zero-order chi connectivity index (χ0) is 8.48. The third kappa shape index (κ3) is 2.46. The van der Waals surface area contributed by atoms with Crippen LogP contribution in [0.1, 0.15) is 40.0 Å². The lowest BCUT2D eigenvalue weighted by molar-refractivity contribution is 0.0659. The van der Waals surface area contributed by atoms with E-state index < -0.39 is 0 Å². The second-order valence-electron chi connectivity index (χ2n) is 4.23. The third-order valence-electron chi connectivity index (χ3n) is 2.39. The standard InChI is InChI=1S/C9H19NO/c1-4-7-5-8(11)6-9(2,3)10-7/h7-8,10-11H,4-6H2,1-3H3. The molecule has 2 N–H and O–H groups in total. The molecule has 0 aromatic carbocycles. The van der Waals surface area contributed by atoms with Gasteiger partial charge < -0.3 is 10.4 Å². The van der Waals surface area contributed by atoms with Gasteiger partial charge in [0.05, 0.1) is 6.10 Å². The fraction of sp³-hybridized carbons (Fsp3) is 1.00. The summed E-state index contributed by atoms with van der Waals surface area (Å²) in [5.74, 6) is 0. The molecule has 0 aromatic heterocycles. The SMILES string of the molecule is CCC1CC(O)CC(C)(C)N1. The van der Waals surface area contributed by atoms with Crippen molar-refractivity contribution < 1.29 is 5.11 Å². The summed E-state index contributed by atoms with van der Waals surface area (Å²) in [5, 5.41) is 13.0. The highest BCUT2D eigenvalue weighted by molar-refractivity contribution is 4.90. The summed E-state index contributed by atoms with van der Waals surface area (Å²) in [7, 11) is 0. The second-order valence-corrected chi connectivity index (χ2v) is 4.23. The minimum atomic E-state index is -0.101. The molecule has 0 radical (unpaired) electrons. The summed E-state index contributed by atoms with van der Waals surface area (Å²) in [4.78, 5) is 0. The lowest BCUT2D eigenvalue weighted by atomic mass is 9.86. The summed E-state index contributed by atoms with van der Waals surface area (Å²) in [6.45, 7) is 6.46. The zero-order valence-corrected chi connectivity index (χ0v) is 7.72. The quantitative estimate of drug-likeness (QED) is 0.601. The first-order valence-electron chi connectivity index (χ1n) is 4.49. The summed E-state index contributed by atoms with van der Waals surface area (Å²) < 4.78 is 0. The van der Waals surface area contributed by atoms with Gasteiger partial charge in [-0.2, -0.15) is 0 Å². The van der Waals surface area contributed by atoms with Crippen molar-refractivity contribution in [2.24, 2.45) is 0 Å². The Kier molecular flexibility index (Phi) is 2.55. The van der Waals surface area contributed by atoms with Crippen LogP contribution in [0.3, 0.4) is 0 Å². The zero-order valence-electron chi connectivity index (χ0n) is 7.72. The molecule has 2 heteroatoms. The molecule has 11 heavy (non-hydrogen) atoms. The van der Waals surface area contributed by atoms with Gasteiger partial charge in [0, 0.05) is 11.6 Å². The lowest BCUT2D eigenvalue weighted by Crippen LogP contribution is -2.53. The van der Waals surface area contributed by atoms with E-state index in [1.165, 1.54) is 0 Å². The van der Waals surface area contributed by atoms with Crippen LogP contribution in [-0.4, -0.2) is 22.8 Å². The average molecular weight is 157 g/mol. The Balaban J connectivity index is 2.51. The minimum Gasteiger partial charge on any atom is -0.393 e. The topological polar surface area (TPSA) is 32.3 Å². The predicted molar refractivity (Wildman–Crippen MR) is 46.5 cm³/mol. The van der Waals surface area contributed by atoms with Gasteiger partial charge in [-0.1, -0.05) is 6.92 Å². The Morgan fingerprint density at radius 1 is 1.55 bits per heavy atom. The summed E-state index contributed by atoms with van der Waals surface area (Å²) in [5.41, 5.74) is 0.123. The highest BCUT2D eigenvalue weighted by Crippen LogP contribution is 2.22. The van der Waals surface area contributed by atoms with Crippen LogP contribution in [0, 0.1) is 0 Å². The Hall–Kier alpha value is -0.0800. The van der Waals surface area contributed by atoms with Crippen LogP contribution in [0.5, 0.6) is 0 Å². The number of aliphatic hydroxyl groups excluding tert-OH is 1. The molecule has 1 aliphatic rings. The van der Waals surface area contributed by atoms with Crippen molar-refractivity contribution >= 4 is 0 Å². The van der Waals surface area contributed by atoms with Gasteiger partial charge in [0.2, 0.25) is 0 Å². The van der Waals surface area contributed by atoms with Gasteiger partial charge >= 0.3 is 0 Å². The number of hydrogen-bond acceptors (Lipinski definition) is 2. The molecule has 2 unspecified atom stereocenters. The van der Waals surface area contributed by atoms with Crippen LogP contribution in [0.15, 0.2) is 0 Å². The van der Waals surface area contributed by atoms with Gasteiger partial charge in [0.15, 0.2) is 0 Å². The van der Waals surface area contributed by atoms with Crippen LogP contribution < -0.4 is 5.32 Å². The molecule has 0 amide bonds. The third-order valence-corrected chi connectivity index (χ3v) is 2.39. The van der Waals surface area contributed by atoms with Crippen molar-refractivity contribution in [3.63, 3.8) is 0 Å². The maximum absolute atomic E-state index is 9.51. The Morgan fingerprint density at radius 3 is 2.64 bits per heavy atom. The maximum Gasteiger partial charge on any atom is 0.0572 e. The number of rotatable bonds is 1. The van der Waals surface area contributed by atoms with E-state index in [2.05, 4.69) is 26.1 Å². The van der Waals surface area contributed by atoms with Gasteiger partial charge in [0.25, 0.3) is 0 Å². The molecule has 0 saturated carbocycles. The van der Waals surface area contributed by atoms with E-state index >= 15 is 0 Å². The Bertz CT molecular complexity index is 134. The van der Waals surface area contributed by atoms with Gasteiger partial charge in [-0.05, 0) is 33.1 Å². The van der Waals surface area contributed by atoms with E-state index in [4.69, 9.17) is 0 Å². The van der Waals surface area contributed by atoms with Gasteiger partial charge in [-0.15, -0.1) is 0 Å². The number of nitrogens with one attached hydrogen (secondary N) is 1. The molecule has 1 rings (SSSR count). The minimum absolute atomic E-state index is 0.101. The number of aliphatic hydroxyl groups is 1. The molecule has 0 aromatic rings. The second kappa shape index (κ2) is 3.11. The summed E-state index contributed by atoms with van der Waals surface area (Å²) >= 11 is 0. The van der Waals surface area contributed by atoms with E-state index in [1.54, 1.807) is 0 Å². The normalized spacial score (nSPS) is 37.1. The first-order chi connectivity index (χ1) is 5.03. The summed E-state index contributed by atoms with van der Waals surface area (Å²) in [6, 6.07) is 0.508. The molecule has 1 saturated heterocycles. The van der Waals surface area contributed by atoms with E-state index in [0.29, 0.717) is 6.04 Å². The first-order valence-corrected chi connectivity index (χ1v) is 4.49. The van der Waals surface area contributed by atoms with Crippen molar-refractivity contribution in [2.75, 3.05) is 0 Å². The molecule has 1 fully saturated rings. The summed E-state index contributed by atoms with van der Waals surface area (Å²) in [6.07, 6.45) is 2.81. The molecular weight excluding hydrogens is 138 g/mol. The van der Waals surface area contributed by atoms with Gasteiger partial charge in [-0.25, -0.2) is 0 Å². The fourth-order valence-electron chi connectivity index (χ4n) is 1.94. The molecule has 0 spiro atoms. The molecule has 2 atom stereocenters. The largest absolute Gasteiger partial charge is 0.393 e. The van der Waals surface area contributed by atoms with Crippen molar-refractivity contribution in [2.45, 2.75) is 57.7 Å². The highest BCUT2D eigenvalue weighted by Gasteiger charge is 2.30.